The SMILES string of the molecule is COc1nc(N)nc(Oc2cc(Br)cc(F)c2F)n1. The Hall–Kier alpha value is -2.03. The number of nitrogens with two attached hydrogens (primary N) is 1. The number of anilines is 1. The first-order valence-corrected chi connectivity index (χ1v) is 5.67. The number of nitrogen functional groups attached to an aromatic ring is 1. The molecule has 0 radical (unpaired) electrons. The number of rotatable bonds is 3. The van der Waals surface area contributed by atoms with Gasteiger partial charge in [0.2, 0.25) is 11.8 Å². The summed E-state index contributed by atoms with van der Waals surface area (Å²) in [5.74, 6) is -2.79. The summed E-state index contributed by atoms with van der Waals surface area (Å²) in [6.07, 6.45) is 0. The maximum Gasteiger partial charge on any atom is 0.330 e. The van der Waals surface area contributed by atoms with Gasteiger partial charge in [0.25, 0.3) is 0 Å². The molecule has 0 aliphatic carbocycles. The second-order valence-electron chi connectivity index (χ2n) is 3.26. The van der Waals surface area contributed by atoms with Crippen LogP contribution in [0.3, 0.4) is 0 Å². The van der Waals surface area contributed by atoms with E-state index in [-0.39, 0.29) is 23.7 Å². The highest BCUT2D eigenvalue weighted by molar-refractivity contribution is 9.10. The standard InChI is InChI=1S/C10H7BrF2N4O2/c1-18-9-15-8(14)16-10(17-9)19-6-3-4(11)2-5(12)7(6)13/h2-3H,1H3,(H2,14,15,16,17). The molecule has 0 saturated heterocycles. The van der Waals surface area contributed by atoms with E-state index in [1.807, 2.05) is 0 Å². The Bertz CT molecular complexity index is 627. The summed E-state index contributed by atoms with van der Waals surface area (Å²) in [7, 11) is 1.32. The van der Waals surface area contributed by atoms with Crippen molar-refractivity contribution in [3.8, 4) is 17.8 Å². The maximum absolute atomic E-state index is 13.5. The molecule has 9 heteroatoms. The number of methoxy groups -OCH3 is 1. The van der Waals surface area contributed by atoms with Gasteiger partial charge in [-0.1, -0.05) is 15.9 Å². The van der Waals surface area contributed by atoms with Crippen LogP contribution in [-0.2, 0) is 0 Å². The fourth-order valence-electron chi connectivity index (χ4n) is 1.19. The Morgan fingerprint density at radius 3 is 2.53 bits per heavy atom. The van der Waals surface area contributed by atoms with Gasteiger partial charge in [-0.15, -0.1) is 4.98 Å². The fourth-order valence-corrected chi connectivity index (χ4v) is 1.60. The van der Waals surface area contributed by atoms with Gasteiger partial charge in [0, 0.05) is 4.47 Å². The number of halogens is 3. The molecule has 0 aliphatic rings. The van der Waals surface area contributed by atoms with Gasteiger partial charge in [-0.3, -0.25) is 0 Å². The molecule has 0 spiro atoms. The third-order valence-corrected chi connectivity index (χ3v) is 2.41. The lowest BCUT2D eigenvalue weighted by Gasteiger charge is -2.07. The first kappa shape index (κ1) is 13.4. The molecule has 0 fully saturated rings. The van der Waals surface area contributed by atoms with Crippen LogP contribution in [0.15, 0.2) is 16.6 Å². The highest BCUT2D eigenvalue weighted by Gasteiger charge is 2.14. The van der Waals surface area contributed by atoms with Crippen molar-refractivity contribution >= 4 is 21.9 Å². The summed E-state index contributed by atoms with van der Waals surface area (Å²) in [6.45, 7) is 0. The van der Waals surface area contributed by atoms with Gasteiger partial charge in [0.15, 0.2) is 11.6 Å². The number of ether oxygens (including phenoxy) is 2. The molecule has 0 bridgehead atoms. The zero-order chi connectivity index (χ0) is 14.0. The zero-order valence-corrected chi connectivity index (χ0v) is 11.1. The van der Waals surface area contributed by atoms with E-state index in [0.29, 0.717) is 4.47 Å². The van der Waals surface area contributed by atoms with E-state index in [2.05, 4.69) is 30.9 Å². The van der Waals surface area contributed by atoms with Gasteiger partial charge in [-0.25, -0.2) is 4.39 Å². The molecule has 1 aromatic heterocycles. The minimum Gasteiger partial charge on any atom is -0.467 e. The number of hydrogen-bond acceptors (Lipinski definition) is 6. The molecule has 0 aliphatic heterocycles. The summed E-state index contributed by atoms with van der Waals surface area (Å²) in [5, 5.41) is 0. The highest BCUT2D eigenvalue weighted by Crippen LogP contribution is 2.28. The molecule has 0 unspecified atom stereocenters. The van der Waals surface area contributed by atoms with Crippen molar-refractivity contribution in [3.05, 3.63) is 28.2 Å². The lowest BCUT2D eigenvalue weighted by Crippen LogP contribution is -2.03. The largest absolute Gasteiger partial charge is 0.467 e. The molecule has 19 heavy (non-hydrogen) atoms. The van der Waals surface area contributed by atoms with E-state index in [9.17, 15) is 8.78 Å². The number of benzene rings is 1. The van der Waals surface area contributed by atoms with Crippen molar-refractivity contribution < 1.29 is 18.3 Å². The molecule has 0 saturated carbocycles. The zero-order valence-electron chi connectivity index (χ0n) is 9.52. The van der Waals surface area contributed by atoms with Crippen LogP contribution in [0.1, 0.15) is 0 Å². The second kappa shape index (κ2) is 5.31. The topological polar surface area (TPSA) is 83.2 Å². The Morgan fingerprint density at radius 2 is 1.84 bits per heavy atom. The van der Waals surface area contributed by atoms with Gasteiger partial charge in [0.1, 0.15) is 0 Å². The van der Waals surface area contributed by atoms with Crippen LogP contribution in [0.4, 0.5) is 14.7 Å². The van der Waals surface area contributed by atoms with Gasteiger partial charge in [-0.2, -0.15) is 14.4 Å². The number of aromatic nitrogens is 3. The van der Waals surface area contributed by atoms with Crippen LogP contribution in [-0.4, -0.2) is 22.1 Å². The lowest BCUT2D eigenvalue weighted by atomic mass is 10.3. The molecule has 6 nitrogen and oxygen atoms in total. The third kappa shape index (κ3) is 3.05. The maximum atomic E-state index is 13.5. The van der Waals surface area contributed by atoms with Crippen molar-refractivity contribution in [2.75, 3.05) is 12.8 Å². The molecule has 0 atom stereocenters. The minimum atomic E-state index is -1.17. The van der Waals surface area contributed by atoms with E-state index in [0.717, 1.165) is 6.07 Å². The van der Waals surface area contributed by atoms with Gasteiger partial charge < -0.3 is 15.2 Å². The van der Waals surface area contributed by atoms with Gasteiger partial charge >= 0.3 is 12.0 Å². The van der Waals surface area contributed by atoms with Gasteiger partial charge in [-0.05, 0) is 12.1 Å². The molecule has 2 aromatic rings. The molecule has 1 aromatic carbocycles. The third-order valence-electron chi connectivity index (χ3n) is 1.96. The summed E-state index contributed by atoms with van der Waals surface area (Å²) >= 11 is 3.01. The number of nitrogens with zero attached hydrogens (tertiary/aromatic N) is 3. The van der Waals surface area contributed by atoms with Crippen molar-refractivity contribution in [1.29, 1.82) is 0 Å². The fraction of sp³-hybridized carbons (Fsp3) is 0.100. The molecule has 2 N–H and O–H groups in total. The second-order valence-corrected chi connectivity index (χ2v) is 4.18. The van der Waals surface area contributed by atoms with Crippen LogP contribution < -0.4 is 15.2 Å². The number of hydrogen-bond donors (Lipinski definition) is 1. The predicted octanol–water partition coefficient (Wildman–Crippen LogP) is 2.30. The predicted molar refractivity (Wildman–Crippen MR) is 64.9 cm³/mol. The molecular formula is C10H7BrF2N4O2. The first-order chi connectivity index (χ1) is 8.99. The van der Waals surface area contributed by atoms with E-state index in [1.165, 1.54) is 13.2 Å². The van der Waals surface area contributed by atoms with Gasteiger partial charge in [0.05, 0.1) is 7.11 Å². The van der Waals surface area contributed by atoms with E-state index < -0.39 is 11.6 Å². The Morgan fingerprint density at radius 1 is 1.16 bits per heavy atom. The normalized spacial score (nSPS) is 10.3. The van der Waals surface area contributed by atoms with Crippen LogP contribution >= 0.6 is 15.9 Å². The lowest BCUT2D eigenvalue weighted by molar-refractivity contribution is 0.351. The van der Waals surface area contributed by atoms with Crippen molar-refractivity contribution in [1.82, 2.24) is 15.0 Å². The molecule has 1 heterocycles. The molecular weight excluding hydrogens is 326 g/mol. The smallest absolute Gasteiger partial charge is 0.330 e. The first-order valence-electron chi connectivity index (χ1n) is 4.87. The van der Waals surface area contributed by atoms with Crippen molar-refractivity contribution in [2.24, 2.45) is 0 Å². The highest BCUT2D eigenvalue weighted by atomic mass is 79.9. The summed E-state index contributed by atoms with van der Waals surface area (Å²) in [6, 6.07) is 1.79. The van der Waals surface area contributed by atoms with Crippen LogP contribution in [0, 0.1) is 11.6 Å². The molecule has 0 amide bonds. The summed E-state index contributed by atoms with van der Waals surface area (Å²) < 4.78 is 36.8. The van der Waals surface area contributed by atoms with Crippen LogP contribution in [0.25, 0.3) is 0 Å². The van der Waals surface area contributed by atoms with E-state index >= 15 is 0 Å². The van der Waals surface area contributed by atoms with E-state index in [4.69, 9.17) is 15.2 Å². The quantitative estimate of drug-likeness (QED) is 0.868. The van der Waals surface area contributed by atoms with Crippen LogP contribution in [0.2, 0.25) is 0 Å². The Labute approximate surface area is 114 Å². The van der Waals surface area contributed by atoms with E-state index in [1.54, 1.807) is 0 Å². The Balaban J connectivity index is 2.38. The van der Waals surface area contributed by atoms with Crippen molar-refractivity contribution in [3.63, 3.8) is 0 Å². The average Bonchev–Trinajstić information content (AvgIpc) is 2.34. The molecule has 2 rings (SSSR count). The van der Waals surface area contributed by atoms with Crippen molar-refractivity contribution in [2.45, 2.75) is 0 Å². The summed E-state index contributed by atoms with van der Waals surface area (Å²) in [5.41, 5.74) is 5.39. The summed E-state index contributed by atoms with van der Waals surface area (Å²) in [4.78, 5) is 11.0. The minimum absolute atomic E-state index is 0.0987. The molecule has 100 valence electrons. The van der Waals surface area contributed by atoms with Crippen LogP contribution in [0.5, 0.6) is 17.8 Å². The average molecular weight is 333 g/mol. The monoisotopic (exact) mass is 332 g/mol. The Kier molecular flexibility index (Phi) is 3.74.